The van der Waals surface area contributed by atoms with E-state index in [2.05, 4.69) is 36.8 Å². The van der Waals surface area contributed by atoms with E-state index >= 15 is 0 Å². The minimum Gasteiger partial charge on any atom is -0.478 e. The molecule has 0 radical (unpaired) electrons. The van der Waals surface area contributed by atoms with Gasteiger partial charge in [-0.25, -0.2) is 9.78 Å². The highest BCUT2D eigenvalue weighted by molar-refractivity contribution is 9.10. The van der Waals surface area contributed by atoms with Crippen molar-refractivity contribution < 1.29 is 14.6 Å². The number of aryl methyl sites for hydroxylation is 1. The number of hydrogen-bond acceptors (Lipinski definition) is 3. The molecule has 0 spiro atoms. The van der Waals surface area contributed by atoms with Crippen molar-refractivity contribution in [2.24, 2.45) is 0 Å². The van der Waals surface area contributed by atoms with Crippen molar-refractivity contribution in [2.45, 2.75) is 6.92 Å². The van der Waals surface area contributed by atoms with Gasteiger partial charge in [0.1, 0.15) is 5.75 Å². The van der Waals surface area contributed by atoms with Crippen molar-refractivity contribution >= 4 is 37.8 Å². The van der Waals surface area contributed by atoms with Gasteiger partial charge in [-0.05, 0) is 63.0 Å². The SMILES string of the molecule is Cc1cc(Br)cnc1Oc1cc(C(=O)O)ccc1Br. The molecule has 0 saturated carbocycles. The first kappa shape index (κ1) is 14.0. The topological polar surface area (TPSA) is 59.4 Å². The van der Waals surface area contributed by atoms with E-state index in [1.165, 1.54) is 12.1 Å². The van der Waals surface area contributed by atoms with E-state index in [9.17, 15) is 4.79 Å². The van der Waals surface area contributed by atoms with E-state index in [1.807, 2.05) is 13.0 Å². The Morgan fingerprint density at radius 3 is 2.68 bits per heavy atom. The first-order valence-electron chi connectivity index (χ1n) is 5.30. The molecule has 0 amide bonds. The highest BCUT2D eigenvalue weighted by Crippen LogP contribution is 2.31. The Balaban J connectivity index is 2.37. The predicted molar refractivity (Wildman–Crippen MR) is 77.8 cm³/mol. The summed E-state index contributed by atoms with van der Waals surface area (Å²) >= 11 is 6.64. The molecule has 1 aromatic carbocycles. The maximum atomic E-state index is 10.9. The number of carbonyl (C=O) groups is 1. The molecule has 0 unspecified atom stereocenters. The molecular formula is C13H9Br2NO3. The Morgan fingerprint density at radius 1 is 1.32 bits per heavy atom. The minimum absolute atomic E-state index is 0.160. The first-order chi connectivity index (χ1) is 8.97. The number of halogens is 2. The van der Waals surface area contributed by atoms with E-state index in [4.69, 9.17) is 9.84 Å². The van der Waals surface area contributed by atoms with E-state index in [0.29, 0.717) is 16.1 Å². The van der Waals surface area contributed by atoms with Gasteiger partial charge in [0.25, 0.3) is 0 Å². The zero-order valence-electron chi connectivity index (χ0n) is 9.85. The summed E-state index contributed by atoms with van der Waals surface area (Å²) in [5.74, 6) is -0.151. The normalized spacial score (nSPS) is 10.3. The Bertz CT molecular complexity index is 644. The van der Waals surface area contributed by atoms with E-state index in [0.717, 1.165) is 10.0 Å². The third-order valence-electron chi connectivity index (χ3n) is 2.38. The number of aromatic carboxylic acids is 1. The number of rotatable bonds is 3. The summed E-state index contributed by atoms with van der Waals surface area (Å²) < 4.78 is 7.17. The third-order valence-corrected chi connectivity index (χ3v) is 3.47. The largest absolute Gasteiger partial charge is 0.478 e. The van der Waals surface area contributed by atoms with Crippen LogP contribution in [-0.4, -0.2) is 16.1 Å². The van der Waals surface area contributed by atoms with Gasteiger partial charge in [0, 0.05) is 16.2 Å². The molecular weight excluding hydrogens is 378 g/mol. The maximum absolute atomic E-state index is 10.9. The lowest BCUT2D eigenvalue weighted by atomic mass is 10.2. The lowest BCUT2D eigenvalue weighted by Gasteiger charge is -2.10. The number of benzene rings is 1. The second-order valence-corrected chi connectivity index (χ2v) is 5.60. The molecule has 1 aromatic heterocycles. The molecule has 0 aliphatic heterocycles. The second-order valence-electron chi connectivity index (χ2n) is 3.83. The van der Waals surface area contributed by atoms with Crippen LogP contribution in [0, 0.1) is 6.92 Å². The number of nitrogens with zero attached hydrogens (tertiary/aromatic N) is 1. The van der Waals surface area contributed by atoms with Crippen molar-refractivity contribution in [3.8, 4) is 11.6 Å². The molecule has 0 aliphatic rings. The molecule has 1 N–H and O–H groups in total. The smallest absolute Gasteiger partial charge is 0.335 e. The molecule has 19 heavy (non-hydrogen) atoms. The number of pyridine rings is 1. The van der Waals surface area contributed by atoms with Gasteiger partial charge in [-0.15, -0.1) is 0 Å². The van der Waals surface area contributed by atoms with Crippen LogP contribution in [0.4, 0.5) is 0 Å². The summed E-state index contributed by atoms with van der Waals surface area (Å²) in [5.41, 5.74) is 1.01. The molecule has 0 bridgehead atoms. The van der Waals surface area contributed by atoms with Crippen LogP contribution in [0.25, 0.3) is 0 Å². The van der Waals surface area contributed by atoms with Gasteiger partial charge < -0.3 is 9.84 Å². The van der Waals surface area contributed by atoms with Crippen LogP contribution in [-0.2, 0) is 0 Å². The molecule has 6 heteroatoms. The van der Waals surface area contributed by atoms with E-state index in [1.54, 1.807) is 12.3 Å². The summed E-state index contributed by atoms with van der Waals surface area (Å²) in [7, 11) is 0. The Morgan fingerprint density at radius 2 is 2.05 bits per heavy atom. The first-order valence-corrected chi connectivity index (χ1v) is 6.89. The number of hydrogen-bond donors (Lipinski definition) is 1. The average molecular weight is 387 g/mol. The fourth-order valence-corrected chi connectivity index (χ4v) is 2.23. The summed E-state index contributed by atoms with van der Waals surface area (Å²) in [6.45, 7) is 1.86. The van der Waals surface area contributed by atoms with Crippen LogP contribution in [0.2, 0.25) is 0 Å². The van der Waals surface area contributed by atoms with Gasteiger partial charge in [-0.3, -0.25) is 0 Å². The highest BCUT2D eigenvalue weighted by atomic mass is 79.9. The van der Waals surface area contributed by atoms with Crippen LogP contribution in [0.1, 0.15) is 15.9 Å². The number of carboxylic acid groups (broad SMARTS) is 1. The highest BCUT2D eigenvalue weighted by Gasteiger charge is 2.11. The van der Waals surface area contributed by atoms with Crippen molar-refractivity contribution in [1.29, 1.82) is 0 Å². The van der Waals surface area contributed by atoms with E-state index in [-0.39, 0.29) is 5.56 Å². The second kappa shape index (κ2) is 5.71. The molecule has 2 rings (SSSR count). The fraction of sp³-hybridized carbons (Fsp3) is 0.0769. The molecule has 4 nitrogen and oxygen atoms in total. The molecule has 1 heterocycles. The lowest BCUT2D eigenvalue weighted by Crippen LogP contribution is -1.98. The summed E-state index contributed by atoms with van der Waals surface area (Å²) in [4.78, 5) is 15.1. The monoisotopic (exact) mass is 385 g/mol. The predicted octanol–water partition coefficient (Wildman–Crippen LogP) is 4.41. The Kier molecular flexibility index (Phi) is 4.21. The van der Waals surface area contributed by atoms with Crippen molar-refractivity contribution in [3.05, 3.63) is 50.5 Å². The molecule has 98 valence electrons. The zero-order valence-corrected chi connectivity index (χ0v) is 13.0. The average Bonchev–Trinajstić information content (AvgIpc) is 2.34. The van der Waals surface area contributed by atoms with Crippen molar-refractivity contribution in [2.75, 3.05) is 0 Å². The van der Waals surface area contributed by atoms with Crippen molar-refractivity contribution in [1.82, 2.24) is 4.98 Å². The minimum atomic E-state index is -1.00. The lowest BCUT2D eigenvalue weighted by molar-refractivity contribution is 0.0696. The third kappa shape index (κ3) is 3.33. The van der Waals surface area contributed by atoms with Gasteiger partial charge in [0.2, 0.25) is 5.88 Å². The molecule has 0 saturated heterocycles. The van der Waals surface area contributed by atoms with E-state index < -0.39 is 5.97 Å². The van der Waals surface area contributed by atoms with Gasteiger partial charge in [0.15, 0.2) is 0 Å². The van der Waals surface area contributed by atoms with Crippen LogP contribution in [0.5, 0.6) is 11.6 Å². The number of ether oxygens (including phenoxy) is 1. The van der Waals surface area contributed by atoms with Crippen LogP contribution >= 0.6 is 31.9 Å². The molecule has 0 fully saturated rings. The standard InChI is InChI=1S/C13H9Br2NO3/c1-7-4-9(14)6-16-12(7)19-11-5-8(13(17)18)2-3-10(11)15/h2-6H,1H3,(H,17,18). The molecule has 0 aliphatic carbocycles. The van der Waals surface area contributed by atoms with Crippen molar-refractivity contribution in [3.63, 3.8) is 0 Å². The van der Waals surface area contributed by atoms with Crippen LogP contribution in [0.3, 0.4) is 0 Å². The number of carboxylic acids is 1. The van der Waals surface area contributed by atoms with Gasteiger partial charge in [-0.1, -0.05) is 0 Å². The quantitative estimate of drug-likeness (QED) is 0.848. The van der Waals surface area contributed by atoms with Gasteiger partial charge in [-0.2, -0.15) is 0 Å². The Labute approximate surface area is 126 Å². The van der Waals surface area contributed by atoms with Gasteiger partial charge in [0.05, 0.1) is 10.0 Å². The molecule has 0 atom stereocenters. The van der Waals surface area contributed by atoms with Crippen LogP contribution < -0.4 is 4.74 Å². The Hall–Kier alpha value is -1.40. The summed E-state index contributed by atoms with van der Waals surface area (Å²) in [6.07, 6.45) is 1.62. The molecule has 2 aromatic rings. The summed E-state index contributed by atoms with van der Waals surface area (Å²) in [5, 5.41) is 8.96. The maximum Gasteiger partial charge on any atom is 0.335 e. The van der Waals surface area contributed by atoms with Gasteiger partial charge >= 0.3 is 5.97 Å². The fourth-order valence-electron chi connectivity index (χ4n) is 1.45. The zero-order chi connectivity index (χ0) is 14.0. The van der Waals surface area contributed by atoms with Crippen LogP contribution in [0.15, 0.2) is 39.4 Å². The number of aromatic nitrogens is 1. The summed E-state index contributed by atoms with van der Waals surface area (Å²) in [6, 6.07) is 6.46.